The van der Waals surface area contributed by atoms with E-state index in [1.165, 1.54) is 7.11 Å². The van der Waals surface area contributed by atoms with Crippen molar-refractivity contribution in [1.82, 2.24) is 4.98 Å². The molecule has 0 bridgehead atoms. The molecule has 4 aromatic rings. The minimum absolute atomic E-state index is 0.182. The normalized spacial score (nSPS) is 10.6. The summed E-state index contributed by atoms with van der Waals surface area (Å²) in [4.78, 5) is 28.2. The van der Waals surface area contributed by atoms with Gasteiger partial charge in [-0.1, -0.05) is 36.4 Å². The molecule has 3 aromatic carbocycles. The smallest absolute Gasteiger partial charge is 0.273 e. The van der Waals surface area contributed by atoms with Crippen molar-refractivity contribution in [2.45, 2.75) is 0 Å². The fourth-order valence-corrected chi connectivity index (χ4v) is 3.84. The Labute approximate surface area is 192 Å². The Kier molecular flexibility index (Phi) is 6.42. The molecule has 0 atom stereocenters. The van der Waals surface area contributed by atoms with Gasteiger partial charge >= 0.3 is 0 Å². The Morgan fingerprint density at radius 1 is 0.906 bits per heavy atom. The second-order valence-electron chi connectivity index (χ2n) is 6.88. The molecule has 0 radical (unpaired) electrons. The summed E-state index contributed by atoms with van der Waals surface area (Å²) in [6.45, 7) is -0.182. The number of aromatic amines is 1. The summed E-state index contributed by atoms with van der Waals surface area (Å²) < 4.78 is 11.4. The van der Waals surface area contributed by atoms with Gasteiger partial charge in [-0.25, -0.2) is 0 Å². The average Bonchev–Trinajstić information content (AvgIpc) is 3.15. The van der Waals surface area contributed by atoms with Crippen LogP contribution in [0.2, 0.25) is 0 Å². The Hall–Kier alpha value is -3.78. The zero-order chi connectivity index (χ0) is 22.5. The lowest BCUT2D eigenvalue weighted by Crippen LogP contribution is -2.20. The fraction of sp³-hybridized carbons (Fsp3) is 0.0833. The summed E-state index contributed by atoms with van der Waals surface area (Å²) in [6.07, 6.45) is 0. The third-order valence-corrected chi connectivity index (χ3v) is 5.53. The Bertz CT molecular complexity index is 1290. The number of carbonyl (C=O) groups excluding carboxylic acids is 2. The number of halogens is 1. The number of rotatable bonds is 7. The zero-order valence-corrected chi connectivity index (χ0v) is 18.7. The molecule has 0 unspecified atom stereocenters. The second-order valence-corrected chi connectivity index (χ2v) is 7.68. The Balaban J connectivity index is 1.40. The number of benzene rings is 3. The number of aromatic nitrogens is 1. The predicted octanol–water partition coefficient (Wildman–Crippen LogP) is 5.21. The van der Waals surface area contributed by atoms with Crippen LogP contribution < -0.4 is 20.1 Å². The number of hydrogen-bond acceptors (Lipinski definition) is 4. The van der Waals surface area contributed by atoms with Crippen LogP contribution in [-0.4, -0.2) is 30.5 Å². The van der Waals surface area contributed by atoms with Crippen LogP contribution in [0, 0.1) is 0 Å². The van der Waals surface area contributed by atoms with Crippen LogP contribution in [0.15, 0.2) is 77.3 Å². The lowest BCUT2D eigenvalue weighted by atomic mass is 10.2. The van der Waals surface area contributed by atoms with Gasteiger partial charge in [0, 0.05) is 22.3 Å². The van der Waals surface area contributed by atoms with Crippen molar-refractivity contribution in [1.29, 1.82) is 0 Å². The number of amides is 2. The number of para-hydroxylation sites is 3. The van der Waals surface area contributed by atoms with Crippen molar-refractivity contribution in [3.05, 3.63) is 83.0 Å². The van der Waals surface area contributed by atoms with Crippen LogP contribution in [-0.2, 0) is 4.79 Å². The molecule has 0 aliphatic rings. The number of hydrogen-bond donors (Lipinski definition) is 3. The van der Waals surface area contributed by atoms with Gasteiger partial charge in [0.25, 0.3) is 11.8 Å². The van der Waals surface area contributed by atoms with Crippen molar-refractivity contribution >= 4 is 50.0 Å². The summed E-state index contributed by atoms with van der Waals surface area (Å²) in [7, 11) is 1.54. The molecule has 2 amide bonds. The first-order valence-corrected chi connectivity index (χ1v) is 10.6. The molecule has 0 aliphatic carbocycles. The largest absolute Gasteiger partial charge is 0.493 e. The molecular weight excluding hydrogens is 474 g/mol. The molecule has 4 rings (SSSR count). The quantitative estimate of drug-likeness (QED) is 0.329. The van der Waals surface area contributed by atoms with Crippen molar-refractivity contribution in [3.63, 3.8) is 0 Å². The summed E-state index contributed by atoms with van der Waals surface area (Å²) in [5.41, 5.74) is 2.36. The minimum Gasteiger partial charge on any atom is -0.493 e. The van der Waals surface area contributed by atoms with Crippen LogP contribution >= 0.6 is 15.9 Å². The molecule has 1 aromatic heterocycles. The zero-order valence-electron chi connectivity index (χ0n) is 17.1. The van der Waals surface area contributed by atoms with Crippen LogP contribution in [0.5, 0.6) is 11.5 Å². The van der Waals surface area contributed by atoms with E-state index in [4.69, 9.17) is 9.47 Å². The van der Waals surface area contributed by atoms with Gasteiger partial charge in [-0.15, -0.1) is 0 Å². The van der Waals surface area contributed by atoms with Gasteiger partial charge in [-0.2, -0.15) is 0 Å². The summed E-state index contributed by atoms with van der Waals surface area (Å²) >= 11 is 3.49. The van der Waals surface area contributed by atoms with Gasteiger partial charge in [-0.05, 0) is 52.3 Å². The van der Waals surface area contributed by atoms with Crippen LogP contribution in [0.25, 0.3) is 10.9 Å². The van der Waals surface area contributed by atoms with Gasteiger partial charge in [0.05, 0.1) is 11.6 Å². The molecule has 0 fully saturated rings. The van der Waals surface area contributed by atoms with E-state index in [2.05, 4.69) is 31.5 Å². The number of H-pyrrole nitrogens is 1. The van der Waals surface area contributed by atoms with E-state index < -0.39 is 0 Å². The topological polar surface area (TPSA) is 92.4 Å². The highest BCUT2D eigenvalue weighted by Crippen LogP contribution is 2.29. The monoisotopic (exact) mass is 493 g/mol. The maximum atomic E-state index is 12.8. The number of anilines is 2. The molecule has 0 saturated heterocycles. The number of ether oxygens (including phenoxy) is 2. The van der Waals surface area contributed by atoms with Gasteiger partial charge in [0.2, 0.25) is 0 Å². The average molecular weight is 494 g/mol. The van der Waals surface area contributed by atoms with Crippen LogP contribution in [0.1, 0.15) is 10.5 Å². The standard InChI is InChI=1S/C24H20BrN3O4/c1-31-19-11-4-5-12-20(19)32-14-21(29)26-15-7-6-8-16(13-15)27-24(30)23-22(25)17-9-2-3-10-18(17)28-23/h2-13,28H,14H2,1H3,(H,26,29)(H,27,30). The molecule has 0 spiro atoms. The first kappa shape index (κ1) is 21.5. The maximum Gasteiger partial charge on any atom is 0.273 e. The molecular formula is C24H20BrN3O4. The Morgan fingerprint density at radius 3 is 2.34 bits per heavy atom. The van der Waals surface area contributed by atoms with Gasteiger partial charge in [0.1, 0.15) is 5.69 Å². The SMILES string of the molecule is COc1ccccc1OCC(=O)Nc1cccc(NC(=O)c2[nH]c3ccccc3c2Br)c1. The molecule has 3 N–H and O–H groups in total. The lowest BCUT2D eigenvalue weighted by molar-refractivity contribution is -0.118. The molecule has 162 valence electrons. The Morgan fingerprint density at radius 2 is 1.59 bits per heavy atom. The molecule has 1 heterocycles. The predicted molar refractivity (Wildman–Crippen MR) is 128 cm³/mol. The number of carbonyl (C=O) groups is 2. The van der Waals surface area contributed by atoms with Gasteiger partial charge < -0.3 is 25.1 Å². The van der Waals surface area contributed by atoms with E-state index in [0.29, 0.717) is 33.0 Å². The molecule has 32 heavy (non-hydrogen) atoms. The van der Waals surface area contributed by atoms with Crippen molar-refractivity contribution in [3.8, 4) is 11.5 Å². The number of nitrogens with one attached hydrogen (secondary N) is 3. The highest BCUT2D eigenvalue weighted by Gasteiger charge is 2.16. The third-order valence-electron chi connectivity index (χ3n) is 4.70. The van der Waals surface area contributed by atoms with E-state index in [-0.39, 0.29) is 18.4 Å². The van der Waals surface area contributed by atoms with Gasteiger partial charge in [-0.3, -0.25) is 9.59 Å². The van der Waals surface area contributed by atoms with Gasteiger partial charge in [0.15, 0.2) is 18.1 Å². The number of fused-ring (bicyclic) bond motifs is 1. The second kappa shape index (κ2) is 9.57. The highest BCUT2D eigenvalue weighted by atomic mass is 79.9. The van der Waals surface area contributed by atoms with E-state index in [1.807, 2.05) is 30.3 Å². The molecule has 0 aliphatic heterocycles. The van der Waals surface area contributed by atoms with Crippen molar-refractivity contribution < 1.29 is 19.1 Å². The summed E-state index contributed by atoms with van der Waals surface area (Å²) in [5.74, 6) is 0.400. The summed E-state index contributed by atoms with van der Waals surface area (Å²) in [5, 5.41) is 6.53. The maximum absolute atomic E-state index is 12.8. The first-order valence-electron chi connectivity index (χ1n) is 9.78. The lowest BCUT2D eigenvalue weighted by Gasteiger charge is -2.11. The van der Waals surface area contributed by atoms with E-state index >= 15 is 0 Å². The van der Waals surface area contributed by atoms with E-state index in [0.717, 1.165) is 10.9 Å². The minimum atomic E-state index is -0.335. The van der Waals surface area contributed by atoms with Crippen LogP contribution in [0.4, 0.5) is 11.4 Å². The molecule has 7 nitrogen and oxygen atoms in total. The summed E-state index contributed by atoms with van der Waals surface area (Å²) in [6, 6.07) is 21.6. The first-order chi connectivity index (χ1) is 15.5. The van der Waals surface area contributed by atoms with Crippen molar-refractivity contribution in [2.75, 3.05) is 24.4 Å². The highest BCUT2D eigenvalue weighted by molar-refractivity contribution is 9.10. The molecule has 8 heteroatoms. The fourth-order valence-electron chi connectivity index (χ4n) is 3.21. The van der Waals surface area contributed by atoms with E-state index in [1.54, 1.807) is 42.5 Å². The number of methoxy groups -OCH3 is 1. The van der Waals surface area contributed by atoms with E-state index in [9.17, 15) is 9.59 Å². The van der Waals surface area contributed by atoms with Crippen molar-refractivity contribution in [2.24, 2.45) is 0 Å². The molecule has 0 saturated carbocycles. The van der Waals surface area contributed by atoms with Crippen LogP contribution in [0.3, 0.4) is 0 Å². The third kappa shape index (κ3) is 4.76.